The topological polar surface area (TPSA) is 124 Å². The summed E-state index contributed by atoms with van der Waals surface area (Å²) in [5, 5.41) is 3.43. The molecule has 0 spiro atoms. The molecule has 26 heavy (non-hydrogen) atoms. The van der Waals surface area contributed by atoms with E-state index in [2.05, 4.69) is 5.32 Å². The third-order valence-electron chi connectivity index (χ3n) is 4.16. The third kappa shape index (κ3) is 4.52. The summed E-state index contributed by atoms with van der Waals surface area (Å²) in [4.78, 5) is 46.6. The van der Waals surface area contributed by atoms with E-state index < -0.39 is 7.82 Å². The van der Waals surface area contributed by atoms with E-state index in [-0.39, 0.29) is 11.6 Å². The van der Waals surface area contributed by atoms with Crippen LogP contribution in [0.5, 0.6) is 0 Å². The number of fused-ring (bicyclic) bond motifs is 2. The molecule has 0 aromatic heterocycles. The molecule has 2 aromatic rings. The van der Waals surface area contributed by atoms with E-state index in [1.807, 2.05) is 12.1 Å². The molecule has 2 aliphatic rings. The molecule has 136 valence electrons. The number of carbonyl (C=O) groups is 2. The second-order valence-electron chi connectivity index (χ2n) is 6.25. The van der Waals surface area contributed by atoms with Crippen LogP contribution in [-0.4, -0.2) is 32.3 Å². The van der Waals surface area contributed by atoms with E-state index in [0.717, 1.165) is 12.1 Å². The minimum Gasteiger partial charge on any atom is -0.310 e. The van der Waals surface area contributed by atoms with Crippen molar-refractivity contribution in [3.8, 4) is 0 Å². The summed E-state index contributed by atoms with van der Waals surface area (Å²) in [6, 6.07) is 13.3. The van der Waals surface area contributed by atoms with Gasteiger partial charge in [0.15, 0.2) is 11.6 Å². The van der Waals surface area contributed by atoms with E-state index >= 15 is 0 Å². The van der Waals surface area contributed by atoms with E-state index in [9.17, 15) is 9.59 Å². The van der Waals surface area contributed by atoms with Crippen molar-refractivity contribution < 1.29 is 28.8 Å². The molecule has 0 bridgehead atoms. The molecule has 1 saturated carbocycles. The molecule has 8 heteroatoms. The fourth-order valence-corrected chi connectivity index (χ4v) is 2.81. The first kappa shape index (κ1) is 18.6. The molecular formula is C18H18NO6P. The van der Waals surface area contributed by atoms with Gasteiger partial charge in [-0.3, -0.25) is 9.59 Å². The average Bonchev–Trinajstić information content (AvgIpc) is 3.41. The van der Waals surface area contributed by atoms with Gasteiger partial charge in [0.25, 0.3) is 0 Å². The number of phosphoric acid groups is 1. The molecule has 0 saturated heterocycles. The number of carbonyl (C=O) groups excluding carboxylic acids is 2. The van der Waals surface area contributed by atoms with Gasteiger partial charge in [-0.05, 0) is 30.5 Å². The number of hydrogen-bond acceptors (Lipinski definition) is 4. The van der Waals surface area contributed by atoms with Crippen molar-refractivity contribution in [3.63, 3.8) is 0 Å². The fourth-order valence-electron chi connectivity index (χ4n) is 2.81. The molecule has 7 nitrogen and oxygen atoms in total. The molecule has 0 atom stereocenters. The average molecular weight is 375 g/mol. The molecule has 0 aliphatic heterocycles. The number of rotatable bonds is 3. The maximum Gasteiger partial charge on any atom is 0.466 e. The van der Waals surface area contributed by atoms with Crippen molar-refractivity contribution in [2.75, 3.05) is 0 Å². The van der Waals surface area contributed by atoms with E-state index in [0.29, 0.717) is 28.3 Å². The van der Waals surface area contributed by atoms with Crippen LogP contribution < -0.4 is 5.32 Å². The van der Waals surface area contributed by atoms with Gasteiger partial charge in [-0.15, -0.1) is 0 Å². The summed E-state index contributed by atoms with van der Waals surface area (Å²) in [6.45, 7) is 0.751. The van der Waals surface area contributed by atoms with Crippen LogP contribution in [0.2, 0.25) is 0 Å². The number of hydrogen-bond donors (Lipinski definition) is 4. The fraction of sp³-hybridized carbons (Fsp3) is 0.222. The molecular weight excluding hydrogens is 357 g/mol. The van der Waals surface area contributed by atoms with Crippen LogP contribution in [-0.2, 0) is 11.1 Å². The largest absolute Gasteiger partial charge is 0.466 e. The molecule has 0 unspecified atom stereocenters. The van der Waals surface area contributed by atoms with Gasteiger partial charge in [0.1, 0.15) is 0 Å². The maximum absolute atomic E-state index is 12.6. The Balaban J connectivity index is 0.000000349. The summed E-state index contributed by atoms with van der Waals surface area (Å²) in [5.41, 5.74) is 3.14. The van der Waals surface area contributed by atoms with Crippen LogP contribution in [0.25, 0.3) is 0 Å². The monoisotopic (exact) mass is 375 g/mol. The first-order valence-corrected chi connectivity index (χ1v) is 9.63. The van der Waals surface area contributed by atoms with E-state index in [1.54, 1.807) is 30.3 Å². The number of nitrogens with one attached hydrogen (secondary N) is 1. The van der Waals surface area contributed by atoms with Gasteiger partial charge < -0.3 is 20.0 Å². The van der Waals surface area contributed by atoms with Gasteiger partial charge in [0, 0.05) is 34.8 Å². The summed E-state index contributed by atoms with van der Waals surface area (Å²) < 4.78 is 8.88. The molecule has 0 radical (unpaired) electrons. The Morgan fingerprint density at radius 1 is 0.885 bits per heavy atom. The van der Waals surface area contributed by atoms with E-state index in [1.165, 1.54) is 12.8 Å². The van der Waals surface area contributed by atoms with Crippen LogP contribution in [0.15, 0.2) is 42.5 Å². The van der Waals surface area contributed by atoms with Gasteiger partial charge in [0.05, 0.1) is 0 Å². The first-order valence-electron chi connectivity index (χ1n) is 8.07. The summed E-state index contributed by atoms with van der Waals surface area (Å²) in [6.07, 6.45) is 2.46. The Labute approximate surface area is 149 Å². The Hall–Kier alpha value is -2.15. The summed E-state index contributed by atoms with van der Waals surface area (Å²) in [5.74, 6) is -0.102. The van der Waals surface area contributed by atoms with Crippen LogP contribution in [0.3, 0.4) is 0 Å². The molecule has 1 fully saturated rings. The van der Waals surface area contributed by atoms with Crippen molar-refractivity contribution in [3.05, 3.63) is 70.3 Å². The Bertz CT molecular complexity index is 907. The Morgan fingerprint density at radius 3 is 1.92 bits per heavy atom. The highest BCUT2D eigenvalue weighted by atomic mass is 31.2. The highest BCUT2D eigenvalue weighted by molar-refractivity contribution is 7.45. The third-order valence-corrected chi connectivity index (χ3v) is 4.16. The highest BCUT2D eigenvalue weighted by Crippen LogP contribution is 2.28. The van der Waals surface area contributed by atoms with Crippen LogP contribution >= 0.6 is 7.82 Å². The molecule has 2 aliphatic carbocycles. The lowest BCUT2D eigenvalue weighted by Gasteiger charge is -2.18. The second-order valence-corrected chi connectivity index (χ2v) is 7.28. The zero-order valence-electron chi connectivity index (χ0n) is 13.8. The maximum atomic E-state index is 12.6. The predicted molar refractivity (Wildman–Crippen MR) is 93.9 cm³/mol. The summed E-state index contributed by atoms with van der Waals surface area (Å²) in [7, 11) is -4.64. The second kappa shape index (κ2) is 7.23. The predicted octanol–water partition coefficient (Wildman–Crippen LogP) is 1.79. The number of benzene rings is 2. The Morgan fingerprint density at radius 2 is 1.38 bits per heavy atom. The van der Waals surface area contributed by atoms with Crippen LogP contribution in [0.1, 0.15) is 50.2 Å². The smallest absolute Gasteiger partial charge is 0.310 e. The minimum absolute atomic E-state index is 0.0477. The minimum atomic E-state index is -4.64. The number of ketones is 2. The van der Waals surface area contributed by atoms with E-state index in [4.69, 9.17) is 19.2 Å². The normalized spacial score (nSPS) is 15.7. The van der Waals surface area contributed by atoms with Gasteiger partial charge in [-0.2, -0.15) is 0 Å². The summed E-state index contributed by atoms with van der Waals surface area (Å²) >= 11 is 0. The zero-order chi connectivity index (χ0) is 18.9. The van der Waals surface area contributed by atoms with Crippen molar-refractivity contribution in [2.45, 2.75) is 25.4 Å². The van der Waals surface area contributed by atoms with Gasteiger partial charge in [-0.25, -0.2) is 4.57 Å². The lowest BCUT2D eigenvalue weighted by Crippen LogP contribution is -2.22. The van der Waals surface area contributed by atoms with Crippen molar-refractivity contribution in [1.82, 2.24) is 5.32 Å². The molecule has 2 aromatic carbocycles. The van der Waals surface area contributed by atoms with Crippen molar-refractivity contribution in [1.29, 1.82) is 0 Å². The van der Waals surface area contributed by atoms with Crippen LogP contribution in [0, 0.1) is 0 Å². The molecule has 4 rings (SSSR count). The SMILES string of the molecule is O=C1c2ccccc2C(=O)c2cc(CNC3CC3)ccc21.O=P(O)(O)O. The van der Waals surface area contributed by atoms with Crippen LogP contribution in [0.4, 0.5) is 0 Å². The van der Waals surface area contributed by atoms with Gasteiger partial charge in [-0.1, -0.05) is 30.3 Å². The quantitative estimate of drug-likeness (QED) is 0.515. The van der Waals surface area contributed by atoms with Gasteiger partial charge >= 0.3 is 7.82 Å². The standard InChI is InChI=1S/C18H15NO2.H3O4P/c20-17-13-3-1-2-4-14(13)18(21)16-9-11(5-8-15(16)17)10-19-12-6-7-12;1-5(2,3)4/h1-5,8-9,12,19H,6-7,10H2;(H3,1,2,3,4). The highest BCUT2D eigenvalue weighted by Gasteiger charge is 2.29. The molecule has 0 heterocycles. The van der Waals surface area contributed by atoms with Crippen molar-refractivity contribution >= 4 is 19.4 Å². The first-order chi connectivity index (χ1) is 12.2. The molecule has 0 amide bonds. The Kier molecular flexibility index (Phi) is 5.18. The van der Waals surface area contributed by atoms with Gasteiger partial charge in [0.2, 0.25) is 0 Å². The zero-order valence-corrected chi connectivity index (χ0v) is 14.6. The lowest BCUT2D eigenvalue weighted by atomic mass is 9.83. The lowest BCUT2D eigenvalue weighted by molar-refractivity contribution is 0.0979. The molecule has 4 N–H and O–H groups in total. The van der Waals surface area contributed by atoms with Crippen molar-refractivity contribution in [2.24, 2.45) is 0 Å².